The van der Waals surface area contributed by atoms with Gasteiger partial charge in [0.15, 0.2) is 0 Å². The average molecular weight is 327 g/mol. The molecular weight excluding hydrogens is 308 g/mol. The molecule has 0 spiro atoms. The monoisotopic (exact) mass is 326 g/mol. The van der Waals surface area contributed by atoms with Crippen molar-refractivity contribution in [2.24, 2.45) is 0 Å². The van der Waals surface area contributed by atoms with Crippen LogP contribution in [0, 0.1) is 0 Å². The zero-order valence-corrected chi connectivity index (χ0v) is 13.1. The van der Waals surface area contributed by atoms with E-state index >= 15 is 0 Å². The minimum absolute atomic E-state index is 0.115. The van der Waals surface area contributed by atoms with Crippen molar-refractivity contribution in [2.45, 2.75) is 33.3 Å². The average Bonchev–Trinajstić information content (AvgIpc) is 2.34. The summed E-state index contributed by atoms with van der Waals surface area (Å²) in [5, 5.41) is 0. The molecular formula is C15H19BrO3. The second kappa shape index (κ2) is 8.00. The molecule has 0 saturated carbocycles. The maximum absolute atomic E-state index is 11.5. The van der Waals surface area contributed by atoms with Crippen LogP contribution >= 0.6 is 15.9 Å². The van der Waals surface area contributed by atoms with Gasteiger partial charge in [0.1, 0.15) is 5.75 Å². The Morgan fingerprint density at radius 1 is 1.42 bits per heavy atom. The van der Waals surface area contributed by atoms with Crippen molar-refractivity contribution in [3.63, 3.8) is 0 Å². The number of carbonyl (C=O) groups excluding carboxylic acids is 1. The normalized spacial score (nSPS) is 11.0. The number of esters is 1. The summed E-state index contributed by atoms with van der Waals surface area (Å²) in [4.78, 5) is 11.5. The van der Waals surface area contributed by atoms with Crippen LogP contribution in [0.2, 0.25) is 0 Å². The van der Waals surface area contributed by atoms with Crippen LogP contribution in [0.4, 0.5) is 0 Å². The van der Waals surface area contributed by atoms with Gasteiger partial charge in [-0.25, -0.2) is 4.79 Å². The predicted molar refractivity (Wildman–Crippen MR) is 80.2 cm³/mol. The largest absolute Gasteiger partial charge is 0.493 e. The van der Waals surface area contributed by atoms with Crippen molar-refractivity contribution in [1.82, 2.24) is 0 Å². The SMILES string of the molecule is CCCOc1ccc(Br)cc1C=CC(=O)OC(C)C. The molecule has 0 aliphatic rings. The Kier molecular flexibility index (Phi) is 6.64. The van der Waals surface area contributed by atoms with E-state index in [0.29, 0.717) is 6.61 Å². The highest BCUT2D eigenvalue weighted by Gasteiger charge is 2.04. The zero-order chi connectivity index (χ0) is 14.3. The quantitative estimate of drug-likeness (QED) is 0.580. The van der Waals surface area contributed by atoms with E-state index in [9.17, 15) is 4.79 Å². The summed E-state index contributed by atoms with van der Waals surface area (Å²) in [6.45, 7) is 6.34. The van der Waals surface area contributed by atoms with Crippen LogP contribution in [0.3, 0.4) is 0 Å². The highest BCUT2D eigenvalue weighted by atomic mass is 79.9. The van der Waals surface area contributed by atoms with E-state index in [0.717, 1.165) is 22.2 Å². The van der Waals surface area contributed by atoms with Gasteiger partial charge in [0, 0.05) is 16.1 Å². The van der Waals surface area contributed by atoms with E-state index in [1.165, 1.54) is 6.08 Å². The van der Waals surface area contributed by atoms with Crippen molar-refractivity contribution in [2.75, 3.05) is 6.61 Å². The summed E-state index contributed by atoms with van der Waals surface area (Å²) in [5.41, 5.74) is 0.850. The first kappa shape index (κ1) is 15.8. The van der Waals surface area contributed by atoms with Crippen LogP contribution in [-0.4, -0.2) is 18.7 Å². The Morgan fingerprint density at radius 2 is 2.16 bits per heavy atom. The topological polar surface area (TPSA) is 35.5 Å². The Labute approximate surface area is 122 Å². The number of carbonyl (C=O) groups is 1. The van der Waals surface area contributed by atoms with Crippen LogP contribution in [0.5, 0.6) is 5.75 Å². The molecule has 0 amide bonds. The number of halogens is 1. The third-order valence-corrected chi connectivity index (χ3v) is 2.68. The third-order valence-electron chi connectivity index (χ3n) is 2.18. The molecule has 0 aromatic heterocycles. The van der Waals surface area contributed by atoms with Crippen LogP contribution in [-0.2, 0) is 9.53 Å². The summed E-state index contributed by atoms with van der Waals surface area (Å²) in [5.74, 6) is 0.412. The van der Waals surface area contributed by atoms with Crippen LogP contribution in [0.25, 0.3) is 6.08 Å². The fourth-order valence-electron chi connectivity index (χ4n) is 1.42. The van der Waals surface area contributed by atoms with Gasteiger partial charge >= 0.3 is 5.97 Å². The van der Waals surface area contributed by atoms with E-state index in [4.69, 9.17) is 9.47 Å². The maximum Gasteiger partial charge on any atom is 0.331 e. The second-order valence-electron chi connectivity index (χ2n) is 4.35. The number of ether oxygens (including phenoxy) is 2. The van der Waals surface area contributed by atoms with Gasteiger partial charge in [-0.2, -0.15) is 0 Å². The van der Waals surface area contributed by atoms with Gasteiger partial charge in [0.2, 0.25) is 0 Å². The molecule has 0 fully saturated rings. The molecule has 0 N–H and O–H groups in total. The maximum atomic E-state index is 11.5. The minimum atomic E-state index is -0.351. The van der Waals surface area contributed by atoms with Gasteiger partial charge in [0.25, 0.3) is 0 Å². The molecule has 0 heterocycles. The molecule has 0 aliphatic carbocycles. The Bertz CT molecular complexity index is 453. The molecule has 0 unspecified atom stereocenters. The van der Waals surface area contributed by atoms with Gasteiger partial charge in [-0.1, -0.05) is 22.9 Å². The van der Waals surface area contributed by atoms with Crippen LogP contribution in [0.1, 0.15) is 32.8 Å². The van der Waals surface area contributed by atoms with E-state index in [2.05, 4.69) is 15.9 Å². The Hall–Kier alpha value is -1.29. The van der Waals surface area contributed by atoms with Gasteiger partial charge in [-0.05, 0) is 44.5 Å². The lowest BCUT2D eigenvalue weighted by Crippen LogP contribution is -2.08. The zero-order valence-electron chi connectivity index (χ0n) is 11.5. The van der Waals surface area contributed by atoms with Crippen molar-refractivity contribution >= 4 is 28.0 Å². The van der Waals surface area contributed by atoms with E-state index in [1.54, 1.807) is 6.08 Å². The molecule has 4 heteroatoms. The van der Waals surface area contributed by atoms with Crippen molar-refractivity contribution in [3.8, 4) is 5.75 Å². The molecule has 1 aromatic rings. The molecule has 19 heavy (non-hydrogen) atoms. The third kappa shape index (κ3) is 5.92. The fraction of sp³-hybridized carbons (Fsp3) is 0.400. The van der Waals surface area contributed by atoms with Crippen LogP contribution in [0.15, 0.2) is 28.7 Å². The lowest BCUT2D eigenvalue weighted by atomic mass is 10.2. The van der Waals surface area contributed by atoms with Crippen molar-refractivity contribution in [1.29, 1.82) is 0 Å². The fourth-order valence-corrected chi connectivity index (χ4v) is 1.80. The number of hydrogen-bond donors (Lipinski definition) is 0. The molecule has 0 aliphatic heterocycles. The van der Waals surface area contributed by atoms with E-state index in [-0.39, 0.29) is 12.1 Å². The first-order valence-corrected chi connectivity index (χ1v) is 7.13. The first-order valence-electron chi connectivity index (χ1n) is 6.34. The number of benzene rings is 1. The minimum Gasteiger partial charge on any atom is -0.493 e. The molecule has 0 bridgehead atoms. The lowest BCUT2D eigenvalue weighted by molar-refractivity contribution is -0.141. The summed E-state index contributed by atoms with van der Waals surface area (Å²) in [7, 11) is 0. The lowest BCUT2D eigenvalue weighted by Gasteiger charge is -2.09. The molecule has 1 rings (SSSR count). The van der Waals surface area contributed by atoms with Gasteiger partial charge < -0.3 is 9.47 Å². The van der Waals surface area contributed by atoms with Crippen molar-refractivity contribution < 1.29 is 14.3 Å². The highest BCUT2D eigenvalue weighted by Crippen LogP contribution is 2.24. The molecule has 3 nitrogen and oxygen atoms in total. The molecule has 1 aromatic carbocycles. The van der Waals surface area contributed by atoms with E-state index in [1.807, 2.05) is 39.0 Å². The second-order valence-corrected chi connectivity index (χ2v) is 5.27. The van der Waals surface area contributed by atoms with E-state index < -0.39 is 0 Å². The Morgan fingerprint density at radius 3 is 2.79 bits per heavy atom. The Balaban J connectivity index is 2.82. The van der Waals surface area contributed by atoms with Gasteiger partial charge in [-0.3, -0.25) is 0 Å². The number of rotatable bonds is 6. The summed E-state index contributed by atoms with van der Waals surface area (Å²) in [6.07, 6.45) is 3.95. The molecule has 0 atom stereocenters. The summed E-state index contributed by atoms with van der Waals surface area (Å²) >= 11 is 3.41. The molecule has 0 radical (unpaired) electrons. The summed E-state index contributed by atoms with van der Waals surface area (Å²) < 4.78 is 11.6. The van der Waals surface area contributed by atoms with Gasteiger partial charge in [-0.15, -0.1) is 0 Å². The summed E-state index contributed by atoms with van der Waals surface area (Å²) in [6, 6.07) is 5.70. The smallest absolute Gasteiger partial charge is 0.331 e. The standard InChI is InChI=1S/C15H19BrO3/c1-4-9-18-14-7-6-13(16)10-12(14)5-8-15(17)19-11(2)3/h5-8,10-11H,4,9H2,1-3H3. The number of hydrogen-bond acceptors (Lipinski definition) is 3. The predicted octanol–water partition coefficient (Wildman–Crippen LogP) is 4.20. The van der Waals surface area contributed by atoms with Crippen molar-refractivity contribution in [3.05, 3.63) is 34.3 Å². The van der Waals surface area contributed by atoms with Crippen LogP contribution < -0.4 is 4.74 Å². The first-order chi connectivity index (χ1) is 9.02. The highest BCUT2D eigenvalue weighted by molar-refractivity contribution is 9.10. The molecule has 104 valence electrons. The molecule has 0 saturated heterocycles. The van der Waals surface area contributed by atoms with Gasteiger partial charge in [0.05, 0.1) is 12.7 Å².